The van der Waals surface area contributed by atoms with E-state index in [4.69, 9.17) is 9.47 Å². The first kappa shape index (κ1) is 26.8. The highest BCUT2D eigenvalue weighted by atomic mass is 32.2. The molecule has 3 rings (SSSR count). The van der Waals surface area contributed by atoms with E-state index in [0.29, 0.717) is 17.8 Å². The van der Waals surface area contributed by atoms with Crippen LogP contribution in [0, 0.1) is 11.6 Å². The summed E-state index contributed by atoms with van der Waals surface area (Å²) < 4.78 is 76.9. The van der Waals surface area contributed by atoms with Gasteiger partial charge < -0.3 is 14.8 Å². The number of nitrogens with zero attached hydrogens (tertiary/aromatic N) is 2. The Hall–Kier alpha value is -3.41. The SMILES string of the molecule is CC.COc1c(Oc2cc(C(F)(F)F)nnc2C(=O)Nc2cccc(SC)c2)ccc(F)c1F. The second-order valence-corrected chi connectivity index (χ2v) is 7.00. The second-order valence-electron chi connectivity index (χ2n) is 6.12. The van der Waals surface area contributed by atoms with Crippen molar-refractivity contribution in [3.63, 3.8) is 0 Å². The number of nitrogens with one attached hydrogen (secondary N) is 1. The molecule has 1 N–H and O–H groups in total. The molecule has 0 spiro atoms. The fraction of sp³-hybridized carbons (Fsp3) is 0.227. The largest absolute Gasteiger partial charge is 0.490 e. The van der Waals surface area contributed by atoms with E-state index in [0.717, 1.165) is 18.1 Å². The molecule has 0 radical (unpaired) electrons. The van der Waals surface area contributed by atoms with Gasteiger partial charge in [-0.15, -0.1) is 22.0 Å². The summed E-state index contributed by atoms with van der Waals surface area (Å²) in [6, 6.07) is 8.73. The van der Waals surface area contributed by atoms with Gasteiger partial charge in [0, 0.05) is 16.6 Å². The molecule has 0 bridgehead atoms. The number of amides is 1. The van der Waals surface area contributed by atoms with Gasteiger partial charge in [0.15, 0.2) is 28.7 Å². The first-order chi connectivity index (χ1) is 16.1. The molecule has 0 atom stereocenters. The van der Waals surface area contributed by atoms with Gasteiger partial charge in [0.2, 0.25) is 11.6 Å². The lowest BCUT2D eigenvalue weighted by Gasteiger charge is -2.15. The van der Waals surface area contributed by atoms with Crippen molar-refractivity contribution in [1.29, 1.82) is 0 Å². The van der Waals surface area contributed by atoms with E-state index in [2.05, 4.69) is 15.5 Å². The Balaban J connectivity index is 0.00000199. The van der Waals surface area contributed by atoms with Crippen LogP contribution < -0.4 is 14.8 Å². The average molecular weight is 501 g/mol. The number of ether oxygens (including phenoxy) is 2. The standard InChI is InChI=1S/C20H14F5N3O3S.C2H6/c1-30-18-13(7-6-12(21)16(18)22)31-14-9-15(20(23,24)25)27-28-17(14)19(29)26-10-4-3-5-11(8-10)32-2;1-2/h3-9H,1-2H3,(H,26,29);1-2H3. The molecule has 1 aromatic heterocycles. The molecule has 0 fully saturated rings. The Morgan fingerprint density at radius 1 is 1.03 bits per heavy atom. The third kappa shape index (κ3) is 6.34. The molecular weight excluding hydrogens is 481 g/mol. The van der Waals surface area contributed by atoms with Gasteiger partial charge in [0.25, 0.3) is 5.91 Å². The van der Waals surface area contributed by atoms with Crippen LogP contribution in [0.4, 0.5) is 27.6 Å². The number of carbonyl (C=O) groups is 1. The van der Waals surface area contributed by atoms with Gasteiger partial charge in [-0.2, -0.15) is 17.6 Å². The first-order valence-corrected chi connectivity index (χ1v) is 11.0. The summed E-state index contributed by atoms with van der Waals surface area (Å²) in [4.78, 5) is 13.5. The van der Waals surface area contributed by atoms with Crippen molar-refractivity contribution >= 4 is 23.4 Å². The van der Waals surface area contributed by atoms with E-state index >= 15 is 0 Å². The van der Waals surface area contributed by atoms with Crippen molar-refractivity contribution in [3.05, 3.63) is 65.5 Å². The lowest BCUT2D eigenvalue weighted by molar-refractivity contribution is -0.141. The molecule has 6 nitrogen and oxygen atoms in total. The minimum absolute atomic E-state index is 0.347. The second kappa shape index (κ2) is 11.6. The molecule has 182 valence electrons. The maximum absolute atomic E-state index is 14.0. The summed E-state index contributed by atoms with van der Waals surface area (Å²) in [5, 5.41) is 8.88. The molecule has 1 heterocycles. The van der Waals surface area contributed by atoms with E-state index < -0.39 is 52.4 Å². The van der Waals surface area contributed by atoms with Gasteiger partial charge >= 0.3 is 6.18 Å². The lowest BCUT2D eigenvalue weighted by atomic mass is 10.2. The summed E-state index contributed by atoms with van der Waals surface area (Å²) in [6.45, 7) is 4.00. The summed E-state index contributed by atoms with van der Waals surface area (Å²) >= 11 is 1.41. The summed E-state index contributed by atoms with van der Waals surface area (Å²) in [5.41, 5.74) is -1.71. The Labute approximate surface area is 196 Å². The van der Waals surface area contributed by atoms with E-state index in [-0.39, 0.29) is 0 Å². The molecule has 0 aliphatic rings. The number of halogens is 5. The van der Waals surface area contributed by atoms with E-state index in [1.165, 1.54) is 11.8 Å². The Kier molecular flexibility index (Phi) is 9.19. The maximum atomic E-state index is 14.0. The Morgan fingerprint density at radius 2 is 1.74 bits per heavy atom. The zero-order chi connectivity index (χ0) is 25.5. The number of anilines is 1. The predicted molar refractivity (Wildman–Crippen MR) is 118 cm³/mol. The van der Waals surface area contributed by atoms with Crippen LogP contribution in [0.2, 0.25) is 0 Å². The van der Waals surface area contributed by atoms with Gasteiger partial charge in [0.1, 0.15) is 0 Å². The van der Waals surface area contributed by atoms with E-state index in [9.17, 15) is 26.7 Å². The van der Waals surface area contributed by atoms with Crippen molar-refractivity contribution in [3.8, 4) is 17.2 Å². The number of alkyl halides is 3. The normalized spacial score (nSPS) is 10.7. The van der Waals surface area contributed by atoms with Crippen LogP contribution >= 0.6 is 11.8 Å². The number of methoxy groups -OCH3 is 1. The number of hydrogen-bond donors (Lipinski definition) is 1. The monoisotopic (exact) mass is 501 g/mol. The first-order valence-electron chi connectivity index (χ1n) is 9.74. The predicted octanol–water partition coefficient (Wildman–Crippen LogP) is 6.57. The fourth-order valence-electron chi connectivity index (χ4n) is 2.54. The Bertz CT molecular complexity index is 1160. The number of rotatable bonds is 6. The number of carbonyl (C=O) groups excluding carboxylic acids is 1. The quantitative estimate of drug-likeness (QED) is 0.304. The highest BCUT2D eigenvalue weighted by molar-refractivity contribution is 7.98. The highest BCUT2D eigenvalue weighted by Gasteiger charge is 2.35. The molecule has 0 saturated carbocycles. The molecule has 1 amide bonds. The number of thioether (sulfide) groups is 1. The molecule has 12 heteroatoms. The van der Waals surface area contributed by atoms with Crippen LogP contribution in [-0.2, 0) is 6.18 Å². The summed E-state index contributed by atoms with van der Waals surface area (Å²) in [7, 11) is 1.02. The van der Waals surface area contributed by atoms with Crippen LogP contribution in [0.5, 0.6) is 17.2 Å². The summed E-state index contributed by atoms with van der Waals surface area (Å²) in [5.74, 6) is -5.45. The van der Waals surface area contributed by atoms with Crippen molar-refractivity contribution < 1.29 is 36.2 Å². The number of aromatic nitrogens is 2. The van der Waals surface area contributed by atoms with E-state index in [1.54, 1.807) is 24.3 Å². The molecule has 0 aliphatic heterocycles. The van der Waals surface area contributed by atoms with Crippen LogP contribution in [0.1, 0.15) is 30.0 Å². The van der Waals surface area contributed by atoms with Crippen LogP contribution in [0.3, 0.4) is 0 Å². The lowest BCUT2D eigenvalue weighted by Crippen LogP contribution is -2.18. The average Bonchev–Trinajstić information content (AvgIpc) is 2.82. The molecule has 34 heavy (non-hydrogen) atoms. The van der Waals surface area contributed by atoms with Crippen LogP contribution in [0.25, 0.3) is 0 Å². The van der Waals surface area contributed by atoms with Gasteiger partial charge in [-0.1, -0.05) is 19.9 Å². The van der Waals surface area contributed by atoms with Gasteiger partial charge in [-0.3, -0.25) is 4.79 Å². The van der Waals surface area contributed by atoms with Gasteiger partial charge in [0.05, 0.1) is 7.11 Å². The van der Waals surface area contributed by atoms with Crippen molar-refractivity contribution in [1.82, 2.24) is 10.2 Å². The minimum atomic E-state index is -4.90. The smallest absolute Gasteiger partial charge is 0.435 e. The van der Waals surface area contributed by atoms with Crippen molar-refractivity contribution in [2.45, 2.75) is 24.9 Å². The zero-order valence-electron chi connectivity index (χ0n) is 18.5. The topological polar surface area (TPSA) is 73.3 Å². The Morgan fingerprint density at radius 3 is 2.35 bits per heavy atom. The van der Waals surface area contributed by atoms with Gasteiger partial charge in [-0.25, -0.2) is 4.39 Å². The highest BCUT2D eigenvalue weighted by Crippen LogP contribution is 2.38. The zero-order valence-corrected chi connectivity index (χ0v) is 19.3. The van der Waals surface area contributed by atoms with Crippen LogP contribution in [0.15, 0.2) is 47.4 Å². The maximum Gasteiger partial charge on any atom is 0.435 e. The van der Waals surface area contributed by atoms with E-state index in [1.807, 2.05) is 20.1 Å². The minimum Gasteiger partial charge on any atom is -0.490 e. The van der Waals surface area contributed by atoms with Crippen LogP contribution in [-0.4, -0.2) is 29.5 Å². The van der Waals surface area contributed by atoms with Gasteiger partial charge in [-0.05, 0) is 36.6 Å². The molecule has 0 saturated heterocycles. The van der Waals surface area contributed by atoms with Crippen molar-refractivity contribution in [2.75, 3.05) is 18.7 Å². The molecule has 0 unspecified atom stereocenters. The molecule has 3 aromatic rings. The summed E-state index contributed by atoms with van der Waals surface area (Å²) in [6.07, 6.45) is -3.08. The molecule has 0 aliphatic carbocycles. The third-order valence-corrected chi connectivity index (χ3v) is 4.76. The third-order valence-electron chi connectivity index (χ3n) is 4.03. The number of benzene rings is 2. The fourth-order valence-corrected chi connectivity index (χ4v) is 3.00. The van der Waals surface area contributed by atoms with Crippen molar-refractivity contribution in [2.24, 2.45) is 0 Å². The molecular formula is C22H20F5N3O3S. The number of hydrogen-bond acceptors (Lipinski definition) is 6. The molecule has 2 aromatic carbocycles.